The van der Waals surface area contributed by atoms with Gasteiger partial charge in [0, 0.05) is 0 Å². The van der Waals surface area contributed by atoms with Crippen LogP contribution in [0, 0.1) is 22.7 Å². The Balaban J connectivity index is 3.12. The highest BCUT2D eigenvalue weighted by molar-refractivity contribution is 7.94. The van der Waals surface area contributed by atoms with Crippen molar-refractivity contribution in [1.29, 1.82) is 10.5 Å². The molecule has 1 rings (SSSR count). The second-order valence-electron chi connectivity index (χ2n) is 8.24. The third kappa shape index (κ3) is 8.92. The van der Waals surface area contributed by atoms with Crippen molar-refractivity contribution < 1.29 is 16.8 Å². The van der Waals surface area contributed by atoms with Crippen molar-refractivity contribution in [1.82, 2.24) is 0 Å². The van der Waals surface area contributed by atoms with Crippen molar-refractivity contribution in [3.63, 3.8) is 0 Å². The molecule has 0 saturated heterocycles. The van der Waals surface area contributed by atoms with Crippen LogP contribution < -0.4 is 0 Å². The van der Waals surface area contributed by atoms with Gasteiger partial charge in [0.25, 0.3) is 0 Å². The predicted molar refractivity (Wildman–Crippen MR) is 127 cm³/mol. The molecule has 0 spiro atoms. The van der Waals surface area contributed by atoms with Gasteiger partial charge in [0.1, 0.15) is 12.1 Å². The molecule has 0 bridgehead atoms. The predicted octanol–water partition coefficient (Wildman–Crippen LogP) is 5.70. The average molecular weight is 481 g/mol. The molecule has 0 fully saturated rings. The van der Waals surface area contributed by atoms with Gasteiger partial charge in [-0.25, -0.2) is 16.8 Å². The Labute approximate surface area is 194 Å². The summed E-state index contributed by atoms with van der Waals surface area (Å²) >= 11 is 0. The Bertz CT molecular complexity index is 934. The Hall–Kier alpha value is -1.90. The van der Waals surface area contributed by atoms with E-state index in [0.717, 1.165) is 76.3 Å². The van der Waals surface area contributed by atoms with Crippen LogP contribution in [0.3, 0.4) is 0 Å². The highest BCUT2D eigenvalue weighted by atomic mass is 32.2. The standard InChI is InChI=1S/C24H36N2O4S2/c1-3-5-7-9-11-13-15-31(27,28)23-17-21(19-25)22(20-26)18-24(23)32(29,30)16-14-12-10-8-6-4-2/h17-18H,3-16H2,1-2H3. The SMILES string of the molecule is CCCCCCCCS(=O)(=O)c1cc(C#N)c(C#N)cc1S(=O)(=O)CCCCCCCC. The van der Waals surface area contributed by atoms with E-state index < -0.39 is 19.7 Å². The van der Waals surface area contributed by atoms with E-state index in [0.29, 0.717) is 12.8 Å². The summed E-state index contributed by atoms with van der Waals surface area (Å²) < 4.78 is 52.2. The van der Waals surface area contributed by atoms with Crippen LogP contribution in [-0.2, 0) is 19.7 Å². The van der Waals surface area contributed by atoms with Crippen LogP contribution in [0.4, 0.5) is 0 Å². The van der Waals surface area contributed by atoms with Crippen molar-refractivity contribution in [2.45, 2.75) is 101 Å². The minimum Gasteiger partial charge on any atom is -0.224 e. The molecule has 0 N–H and O–H groups in total. The smallest absolute Gasteiger partial charge is 0.179 e. The maximum absolute atomic E-state index is 13.0. The summed E-state index contributed by atoms with van der Waals surface area (Å²) in [4.78, 5) is -0.680. The Morgan fingerprint density at radius 2 is 0.906 bits per heavy atom. The van der Waals surface area contributed by atoms with E-state index >= 15 is 0 Å². The van der Waals surface area contributed by atoms with Crippen molar-refractivity contribution in [2.24, 2.45) is 0 Å². The van der Waals surface area contributed by atoms with Gasteiger partial charge in [0.15, 0.2) is 19.7 Å². The number of hydrogen-bond donors (Lipinski definition) is 0. The second-order valence-corrected chi connectivity index (χ2v) is 12.4. The first kappa shape index (κ1) is 28.1. The van der Waals surface area contributed by atoms with E-state index in [-0.39, 0.29) is 32.4 Å². The third-order valence-electron chi connectivity index (χ3n) is 5.53. The molecule has 1 aromatic rings. The Morgan fingerprint density at radius 1 is 0.594 bits per heavy atom. The summed E-state index contributed by atoms with van der Waals surface area (Å²) in [5.41, 5.74) is -0.236. The molecule has 0 radical (unpaired) electrons. The minimum atomic E-state index is -3.91. The number of nitrogens with zero attached hydrogens (tertiary/aromatic N) is 2. The van der Waals surface area contributed by atoms with E-state index in [4.69, 9.17) is 0 Å². The lowest BCUT2D eigenvalue weighted by atomic mass is 10.1. The molecule has 178 valence electrons. The molecular formula is C24H36N2O4S2. The summed E-state index contributed by atoms with van der Waals surface area (Å²) in [5.74, 6) is -0.342. The van der Waals surface area contributed by atoms with Crippen molar-refractivity contribution in [3.8, 4) is 12.1 Å². The number of benzene rings is 1. The van der Waals surface area contributed by atoms with Crippen LogP contribution in [0.5, 0.6) is 0 Å². The molecule has 0 aliphatic rings. The number of nitriles is 2. The molecular weight excluding hydrogens is 444 g/mol. The van der Waals surface area contributed by atoms with Gasteiger partial charge in [0.2, 0.25) is 0 Å². The Kier molecular flexibility index (Phi) is 12.6. The van der Waals surface area contributed by atoms with Gasteiger partial charge in [-0.15, -0.1) is 0 Å². The minimum absolute atomic E-state index is 0.118. The van der Waals surface area contributed by atoms with E-state index in [1.165, 1.54) is 0 Å². The van der Waals surface area contributed by atoms with E-state index in [1.807, 2.05) is 12.1 Å². The largest absolute Gasteiger partial charge is 0.224 e. The molecule has 0 heterocycles. The lowest BCUT2D eigenvalue weighted by molar-refractivity contribution is 0.572. The van der Waals surface area contributed by atoms with Crippen LogP contribution in [0.25, 0.3) is 0 Å². The number of unbranched alkanes of at least 4 members (excludes halogenated alkanes) is 10. The normalized spacial score (nSPS) is 11.8. The van der Waals surface area contributed by atoms with Gasteiger partial charge >= 0.3 is 0 Å². The highest BCUT2D eigenvalue weighted by Crippen LogP contribution is 2.28. The average Bonchev–Trinajstić information content (AvgIpc) is 2.77. The fraction of sp³-hybridized carbons (Fsp3) is 0.667. The summed E-state index contributed by atoms with van der Waals surface area (Å²) in [7, 11) is -7.81. The lowest BCUT2D eigenvalue weighted by Crippen LogP contribution is -2.16. The first-order valence-corrected chi connectivity index (χ1v) is 15.0. The van der Waals surface area contributed by atoms with Crippen LogP contribution in [0.1, 0.15) is 102 Å². The highest BCUT2D eigenvalue weighted by Gasteiger charge is 2.28. The quantitative estimate of drug-likeness (QED) is 0.280. The zero-order valence-electron chi connectivity index (χ0n) is 19.4. The maximum Gasteiger partial charge on any atom is 0.179 e. The molecule has 0 atom stereocenters. The van der Waals surface area contributed by atoms with E-state index in [2.05, 4.69) is 13.8 Å². The topological polar surface area (TPSA) is 116 Å². The van der Waals surface area contributed by atoms with Crippen molar-refractivity contribution >= 4 is 19.7 Å². The van der Waals surface area contributed by atoms with Crippen LogP contribution in [0.15, 0.2) is 21.9 Å². The number of sulfone groups is 2. The molecule has 0 aliphatic heterocycles. The Morgan fingerprint density at radius 3 is 1.22 bits per heavy atom. The molecule has 0 aliphatic carbocycles. The summed E-state index contributed by atoms with van der Waals surface area (Å²) in [6, 6.07) is 5.77. The summed E-state index contributed by atoms with van der Waals surface area (Å²) in [6.07, 6.45) is 10.7. The van der Waals surface area contributed by atoms with E-state index in [9.17, 15) is 27.4 Å². The fourth-order valence-corrected chi connectivity index (χ4v) is 7.29. The first-order valence-electron chi connectivity index (χ1n) is 11.7. The first-order chi connectivity index (χ1) is 15.2. The van der Waals surface area contributed by atoms with Crippen LogP contribution in [0.2, 0.25) is 0 Å². The van der Waals surface area contributed by atoms with Gasteiger partial charge in [-0.05, 0) is 25.0 Å². The number of hydrogen-bond acceptors (Lipinski definition) is 6. The van der Waals surface area contributed by atoms with Gasteiger partial charge < -0.3 is 0 Å². The zero-order chi connectivity index (χ0) is 24.0. The van der Waals surface area contributed by atoms with E-state index in [1.54, 1.807) is 0 Å². The van der Waals surface area contributed by atoms with Crippen molar-refractivity contribution in [3.05, 3.63) is 23.3 Å². The molecule has 1 aromatic carbocycles. The van der Waals surface area contributed by atoms with Crippen LogP contribution >= 0.6 is 0 Å². The molecule has 0 aromatic heterocycles. The van der Waals surface area contributed by atoms with Gasteiger partial charge in [-0.2, -0.15) is 10.5 Å². The maximum atomic E-state index is 13.0. The summed E-state index contributed by atoms with van der Waals surface area (Å²) in [5, 5.41) is 18.7. The third-order valence-corrected chi connectivity index (χ3v) is 9.33. The molecule has 0 unspecified atom stereocenters. The molecule has 0 saturated carbocycles. The van der Waals surface area contributed by atoms with Crippen LogP contribution in [-0.4, -0.2) is 28.3 Å². The molecule has 8 heteroatoms. The summed E-state index contributed by atoms with van der Waals surface area (Å²) in [6.45, 7) is 4.21. The van der Waals surface area contributed by atoms with Gasteiger partial charge in [-0.1, -0.05) is 78.1 Å². The van der Waals surface area contributed by atoms with Gasteiger partial charge in [-0.3, -0.25) is 0 Å². The molecule has 6 nitrogen and oxygen atoms in total. The second kappa shape index (κ2) is 14.3. The van der Waals surface area contributed by atoms with Gasteiger partial charge in [0.05, 0.1) is 32.4 Å². The fourth-order valence-electron chi connectivity index (χ4n) is 3.60. The van der Waals surface area contributed by atoms with Crippen molar-refractivity contribution in [2.75, 3.05) is 11.5 Å². The molecule has 0 amide bonds. The zero-order valence-corrected chi connectivity index (χ0v) is 21.0. The number of rotatable bonds is 16. The molecule has 32 heavy (non-hydrogen) atoms. The lowest BCUT2D eigenvalue weighted by Gasteiger charge is -2.13. The monoisotopic (exact) mass is 480 g/mol.